The van der Waals surface area contributed by atoms with Gasteiger partial charge in [-0.15, -0.1) is 0 Å². The summed E-state index contributed by atoms with van der Waals surface area (Å²) in [7, 11) is 0. The van der Waals surface area contributed by atoms with Crippen LogP contribution in [0.1, 0.15) is 17.7 Å². The van der Waals surface area contributed by atoms with E-state index in [2.05, 4.69) is 40.3 Å². The first-order valence-corrected chi connectivity index (χ1v) is 5.48. The standard InChI is InChI=1S/C14H12N2/c1-2-8-16-14-10-12-5-3-9-15-13(12)7-6-11(14)4-1/h2-9H,1,10H2. The van der Waals surface area contributed by atoms with Gasteiger partial charge in [-0.25, -0.2) is 0 Å². The van der Waals surface area contributed by atoms with Gasteiger partial charge in [0.2, 0.25) is 0 Å². The number of aromatic nitrogens is 1. The van der Waals surface area contributed by atoms with Crippen molar-refractivity contribution in [3.63, 3.8) is 0 Å². The molecular formula is C14H12N2. The minimum absolute atomic E-state index is 0.867. The first-order valence-electron chi connectivity index (χ1n) is 5.48. The lowest BCUT2D eigenvalue weighted by Crippen LogP contribution is -2.04. The Morgan fingerprint density at radius 3 is 3.19 bits per heavy atom. The fourth-order valence-corrected chi connectivity index (χ4v) is 2.00. The molecule has 0 N–H and O–H groups in total. The summed E-state index contributed by atoms with van der Waals surface area (Å²) in [6.45, 7) is 0. The van der Waals surface area contributed by atoms with E-state index in [1.807, 2.05) is 18.5 Å². The highest BCUT2D eigenvalue weighted by atomic mass is 14.7. The largest absolute Gasteiger partial charge is 0.261 e. The van der Waals surface area contributed by atoms with E-state index in [9.17, 15) is 0 Å². The summed E-state index contributed by atoms with van der Waals surface area (Å²) in [5.41, 5.74) is 4.67. The molecule has 0 bridgehead atoms. The summed E-state index contributed by atoms with van der Waals surface area (Å²) in [4.78, 5) is 8.87. The molecule has 3 rings (SSSR count). The molecule has 1 aliphatic heterocycles. The van der Waals surface area contributed by atoms with E-state index >= 15 is 0 Å². The molecule has 1 aliphatic carbocycles. The Hall–Kier alpha value is -1.96. The predicted octanol–water partition coefficient (Wildman–Crippen LogP) is 2.94. The van der Waals surface area contributed by atoms with Crippen LogP contribution < -0.4 is 0 Å². The third kappa shape index (κ3) is 1.63. The van der Waals surface area contributed by atoms with E-state index in [-0.39, 0.29) is 0 Å². The van der Waals surface area contributed by atoms with E-state index in [0.29, 0.717) is 0 Å². The second kappa shape index (κ2) is 3.89. The van der Waals surface area contributed by atoms with E-state index in [4.69, 9.17) is 0 Å². The van der Waals surface area contributed by atoms with Gasteiger partial charge in [0.15, 0.2) is 0 Å². The molecular weight excluding hydrogens is 196 g/mol. The molecule has 0 aromatic carbocycles. The number of hydrogen-bond donors (Lipinski definition) is 0. The summed E-state index contributed by atoms with van der Waals surface area (Å²) in [6, 6.07) is 4.10. The number of allylic oxidation sites excluding steroid dienone is 4. The molecule has 2 aliphatic rings. The second-order valence-corrected chi connectivity index (χ2v) is 3.91. The summed E-state index contributed by atoms with van der Waals surface area (Å²) in [5.74, 6) is 0. The Kier molecular flexibility index (Phi) is 2.26. The van der Waals surface area contributed by atoms with Crippen LogP contribution in [0.15, 0.2) is 53.3 Å². The molecule has 0 radical (unpaired) electrons. The van der Waals surface area contributed by atoms with Crippen molar-refractivity contribution in [2.24, 2.45) is 4.99 Å². The minimum atomic E-state index is 0.867. The zero-order valence-corrected chi connectivity index (χ0v) is 8.93. The van der Waals surface area contributed by atoms with E-state index in [0.717, 1.165) is 24.2 Å². The van der Waals surface area contributed by atoms with Crippen molar-refractivity contribution in [3.8, 4) is 0 Å². The normalized spacial score (nSPS) is 17.8. The molecule has 1 aromatic heterocycles. The van der Waals surface area contributed by atoms with Gasteiger partial charge in [-0.05, 0) is 29.7 Å². The zero-order chi connectivity index (χ0) is 10.8. The fraction of sp³-hybridized carbons (Fsp3) is 0.143. The van der Waals surface area contributed by atoms with E-state index in [1.54, 1.807) is 0 Å². The molecule has 0 atom stereocenters. The monoisotopic (exact) mass is 208 g/mol. The van der Waals surface area contributed by atoms with Crippen molar-refractivity contribution in [1.29, 1.82) is 0 Å². The summed E-state index contributed by atoms with van der Waals surface area (Å²) in [6.07, 6.45) is 14.0. The van der Waals surface area contributed by atoms with Crippen LogP contribution in [0.4, 0.5) is 0 Å². The number of aliphatic imine (C=N–C) groups is 1. The highest BCUT2D eigenvalue weighted by Gasteiger charge is 2.12. The Labute approximate surface area is 94.8 Å². The molecule has 78 valence electrons. The molecule has 0 amide bonds. The lowest BCUT2D eigenvalue weighted by Gasteiger charge is -2.04. The maximum absolute atomic E-state index is 4.49. The maximum atomic E-state index is 4.49. The first kappa shape index (κ1) is 9.28. The molecule has 0 saturated heterocycles. The number of nitrogens with zero attached hydrogens (tertiary/aromatic N) is 2. The van der Waals surface area contributed by atoms with Gasteiger partial charge in [0, 0.05) is 18.8 Å². The maximum Gasteiger partial charge on any atom is 0.0665 e. The van der Waals surface area contributed by atoms with Gasteiger partial charge in [0.25, 0.3) is 0 Å². The lowest BCUT2D eigenvalue weighted by atomic mass is 10.0. The third-order valence-electron chi connectivity index (χ3n) is 2.85. The summed E-state index contributed by atoms with van der Waals surface area (Å²) >= 11 is 0. The summed E-state index contributed by atoms with van der Waals surface area (Å²) < 4.78 is 0. The Bertz CT molecular complexity index is 533. The molecule has 16 heavy (non-hydrogen) atoms. The van der Waals surface area contributed by atoms with Crippen molar-refractivity contribution >= 4 is 11.8 Å². The van der Waals surface area contributed by atoms with Crippen LogP contribution >= 0.6 is 0 Å². The van der Waals surface area contributed by atoms with E-state index in [1.165, 1.54) is 11.1 Å². The number of rotatable bonds is 0. The van der Waals surface area contributed by atoms with Crippen LogP contribution in [-0.2, 0) is 6.42 Å². The highest BCUT2D eigenvalue weighted by Crippen LogP contribution is 2.20. The van der Waals surface area contributed by atoms with E-state index < -0.39 is 0 Å². The van der Waals surface area contributed by atoms with Crippen molar-refractivity contribution in [1.82, 2.24) is 4.98 Å². The smallest absolute Gasteiger partial charge is 0.0665 e. The quantitative estimate of drug-likeness (QED) is 0.643. The van der Waals surface area contributed by atoms with Gasteiger partial charge in [-0.1, -0.05) is 24.3 Å². The average molecular weight is 208 g/mol. The molecule has 2 heteroatoms. The highest BCUT2D eigenvalue weighted by molar-refractivity contribution is 6.06. The first-order chi connectivity index (χ1) is 7.93. The van der Waals surface area contributed by atoms with Crippen LogP contribution in [-0.4, -0.2) is 10.7 Å². The van der Waals surface area contributed by atoms with Gasteiger partial charge < -0.3 is 0 Å². The molecule has 0 fully saturated rings. The van der Waals surface area contributed by atoms with Gasteiger partial charge >= 0.3 is 0 Å². The average Bonchev–Trinajstić information content (AvgIpc) is 2.61. The van der Waals surface area contributed by atoms with Crippen LogP contribution in [0, 0.1) is 0 Å². The third-order valence-corrected chi connectivity index (χ3v) is 2.85. The van der Waals surface area contributed by atoms with Crippen molar-refractivity contribution in [2.75, 3.05) is 0 Å². The van der Waals surface area contributed by atoms with Gasteiger partial charge in [0.05, 0.1) is 11.4 Å². The Morgan fingerprint density at radius 2 is 2.19 bits per heavy atom. The van der Waals surface area contributed by atoms with Crippen LogP contribution in [0.3, 0.4) is 0 Å². The SMILES string of the molecule is C1=CN=C2Cc3cccnc3C=CC2=CC1. The zero-order valence-electron chi connectivity index (χ0n) is 8.93. The number of hydrogen-bond acceptors (Lipinski definition) is 2. The van der Waals surface area contributed by atoms with Gasteiger partial charge in [-0.3, -0.25) is 9.98 Å². The molecule has 2 nitrogen and oxygen atoms in total. The second-order valence-electron chi connectivity index (χ2n) is 3.91. The lowest BCUT2D eigenvalue weighted by molar-refractivity contribution is 1.20. The topological polar surface area (TPSA) is 25.2 Å². The molecule has 0 unspecified atom stereocenters. The number of fused-ring (bicyclic) bond motifs is 2. The Morgan fingerprint density at radius 1 is 1.19 bits per heavy atom. The molecule has 2 heterocycles. The van der Waals surface area contributed by atoms with Crippen LogP contribution in [0.25, 0.3) is 6.08 Å². The number of pyridine rings is 1. The molecule has 0 saturated carbocycles. The van der Waals surface area contributed by atoms with Crippen molar-refractivity contribution in [3.05, 3.63) is 59.6 Å². The minimum Gasteiger partial charge on any atom is -0.261 e. The van der Waals surface area contributed by atoms with Gasteiger partial charge in [0.1, 0.15) is 0 Å². The van der Waals surface area contributed by atoms with Crippen LogP contribution in [0.2, 0.25) is 0 Å². The molecule has 0 spiro atoms. The van der Waals surface area contributed by atoms with Gasteiger partial charge in [-0.2, -0.15) is 0 Å². The fourth-order valence-electron chi connectivity index (χ4n) is 2.00. The Balaban J connectivity index is 2.11. The predicted molar refractivity (Wildman–Crippen MR) is 66.3 cm³/mol. The van der Waals surface area contributed by atoms with Crippen molar-refractivity contribution in [2.45, 2.75) is 12.8 Å². The molecule has 1 aromatic rings. The van der Waals surface area contributed by atoms with Crippen LogP contribution in [0.5, 0.6) is 0 Å². The summed E-state index contributed by atoms with van der Waals surface area (Å²) in [5, 5.41) is 0. The van der Waals surface area contributed by atoms with Crippen molar-refractivity contribution < 1.29 is 0 Å².